The van der Waals surface area contributed by atoms with Gasteiger partial charge in [-0.25, -0.2) is 12.7 Å². The summed E-state index contributed by atoms with van der Waals surface area (Å²) in [4.78, 5) is 22.0. The van der Waals surface area contributed by atoms with Crippen molar-refractivity contribution in [2.24, 2.45) is 0 Å². The van der Waals surface area contributed by atoms with E-state index in [-0.39, 0.29) is 24.6 Å². The molecule has 0 aliphatic rings. The van der Waals surface area contributed by atoms with Crippen molar-refractivity contribution in [3.05, 3.63) is 34.4 Å². The number of benzene rings is 1. The van der Waals surface area contributed by atoms with Crippen molar-refractivity contribution in [2.75, 3.05) is 38.3 Å². The molecule has 2 N–H and O–H groups in total. The minimum absolute atomic E-state index is 0.0401. The number of anilines is 1. The van der Waals surface area contributed by atoms with Crippen LogP contribution in [0, 0.1) is 10.1 Å². The van der Waals surface area contributed by atoms with Crippen LogP contribution in [0.25, 0.3) is 0 Å². The second-order valence-corrected chi connectivity index (χ2v) is 7.33. The Morgan fingerprint density at radius 2 is 1.96 bits per heavy atom. The molecule has 24 heavy (non-hydrogen) atoms. The highest BCUT2D eigenvalue weighted by atomic mass is 32.2. The van der Waals surface area contributed by atoms with Gasteiger partial charge in [-0.05, 0) is 12.5 Å². The molecule has 0 aliphatic carbocycles. The number of nitrogens with one attached hydrogen (secondary N) is 2. The van der Waals surface area contributed by atoms with E-state index in [9.17, 15) is 23.3 Å². The van der Waals surface area contributed by atoms with Gasteiger partial charge in [-0.3, -0.25) is 14.9 Å². The third kappa shape index (κ3) is 6.92. The molecular formula is C14H22N4O5S. The van der Waals surface area contributed by atoms with Crippen LogP contribution in [0.5, 0.6) is 0 Å². The van der Waals surface area contributed by atoms with Crippen LogP contribution in [-0.2, 0) is 14.8 Å². The number of nitro benzene ring substituents is 1. The van der Waals surface area contributed by atoms with E-state index in [0.29, 0.717) is 25.2 Å². The van der Waals surface area contributed by atoms with E-state index < -0.39 is 14.9 Å². The highest BCUT2D eigenvalue weighted by molar-refractivity contribution is 7.88. The zero-order chi connectivity index (χ0) is 18.2. The molecule has 0 spiro atoms. The molecule has 0 atom stereocenters. The van der Waals surface area contributed by atoms with Crippen molar-refractivity contribution in [3.8, 4) is 0 Å². The first-order chi connectivity index (χ1) is 11.2. The molecule has 9 nitrogen and oxygen atoms in total. The van der Waals surface area contributed by atoms with E-state index in [2.05, 4.69) is 10.6 Å². The van der Waals surface area contributed by atoms with Crippen LogP contribution in [-0.4, -0.2) is 56.5 Å². The zero-order valence-corrected chi connectivity index (χ0v) is 14.5. The molecule has 0 aromatic heterocycles. The second-order valence-electron chi connectivity index (χ2n) is 5.24. The van der Waals surface area contributed by atoms with Crippen LogP contribution >= 0.6 is 0 Å². The average molecular weight is 358 g/mol. The summed E-state index contributed by atoms with van der Waals surface area (Å²) in [5.74, 6) is -0.205. The largest absolute Gasteiger partial charge is 0.379 e. The number of sulfonamides is 1. The summed E-state index contributed by atoms with van der Waals surface area (Å²) >= 11 is 0. The molecule has 0 unspecified atom stereocenters. The van der Waals surface area contributed by atoms with Gasteiger partial charge in [0.2, 0.25) is 15.9 Å². The number of hydrogen-bond donors (Lipinski definition) is 2. The summed E-state index contributed by atoms with van der Waals surface area (Å²) in [5.41, 5.74) is 0.326. The summed E-state index contributed by atoms with van der Waals surface area (Å²) in [5, 5.41) is 16.4. The van der Waals surface area contributed by atoms with Crippen molar-refractivity contribution in [3.63, 3.8) is 0 Å². The zero-order valence-electron chi connectivity index (χ0n) is 13.7. The molecular weight excluding hydrogens is 336 g/mol. The fraction of sp³-hybridized carbons (Fsp3) is 0.500. The van der Waals surface area contributed by atoms with Gasteiger partial charge < -0.3 is 10.6 Å². The van der Waals surface area contributed by atoms with Gasteiger partial charge in [-0.15, -0.1) is 0 Å². The maximum absolute atomic E-state index is 11.7. The Hall–Kier alpha value is -2.20. The predicted molar refractivity (Wildman–Crippen MR) is 91.3 cm³/mol. The Bertz CT molecular complexity index is 677. The highest BCUT2D eigenvalue weighted by Crippen LogP contribution is 2.22. The summed E-state index contributed by atoms with van der Waals surface area (Å²) in [6.45, 7) is 0.956. The van der Waals surface area contributed by atoms with Gasteiger partial charge in [0.25, 0.3) is 5.69 Å². The lowest BCUT2D eigenvalue weighted by Crippen LogP contribution is -2.31. The molecule has 0 radical (unpaired) electrons. The Kier molecular flexibility index (Phi) is 7.59. The molecule has 1 aromatic carbocycles. The van der Waals surface area contributed by atoms with Crippen LogP contribution in [0.2, 0.25) is 0 Å². The molecule has 0 bridgehead atoms. The van der Waals surface area contributed by atoms with Gasteiger partial charge in [0.05, 0.1) is 11.2 Å². The minimum atomic E-state index is -3.20. The maximum Gasteiger partial charge on any atom is 0.292 e. The fourth-order valence-electron chi connectivity index (χ4n) is 1.88. The summed E-state index contributed by atoms with van der Waals surface area (Å²) in [6, 6.07) is 6.22. The van der Waals surface area contributed by atoms with Crippen LogP contribution in [0.3, 0.4) is 0 Å². The normalized spacial score (nSPS) is 11.3. The lowest BCUT2D eigenvalue weighted by atomic mass is 10.2. The first kappa shape index (κ1) is 19.8. The van der Waals surface area contributed by atoms with Crippen molar-refractivity contribution < 1.29 is 18.1 Å². The van der Waals surface area contributed by atoms with Gasteiger partial charge in [-0.2, -0.15) is 0 Å². The average Bonchev–Trinajstić information content (AvgIpc) is 2.50. The maximum atomic E-state index is 11.7. The highest BCUT2D eigenvalue weighted by Gasteiger charge is 2.12. The van der Waals surface area contributed by atoms with Gasteiger partial charge in [0.15, 0.2) is 0 Å². The number of carbonyl (C=O) groups is 1. The molecule has 1 rings (SSSR count). The lowest BCUT2D eigenvalue weighted by Gasteiger charge is -2.14. The SMILES string of the molecule is CN(CCCNC(=O)CCNc1ccccc1[N+](=O)[O-])S(C)(=O)=O. The van der Waals surface area contributed by atoms with E-state index in [4.69, 9.17) is 0 Å². The molecule has 0 heterocycles. The third-order valence-corrected chi connectivity index (χ3v) is 4.62. The smallest absolute Gasteiger partial charge is 0.292 e. The number of nitrogens with zero attached hydrogens (tertiary/aromatic N) is 2. The van der Waals surface area contributed by atoms with Crippen molar-refractivity contribution in [2.45, 2.75) is 12.8 Å². The van der Waals surface area contributed by atoms with Crippen molar-refractivity contribution in [1.29, 1.82) is 0 Å². The summed E-state index contributed by atoms with van der Waals surface area (Å²) in [6.07, 6.45) is 1.79. The number of rotatable bonds is 10. The number of nitro groups is 1. The second kappa shape index (κ2) is 9.18. The Balaban J connectivity index is 2.27. The standard InChI is InChI=1S/C14H22N4O5S/c1-17(24(2,22)23)11-5-9-16-14(19)8-10-15-12-6-3-4-7-13(12)18(20)21/h3-4,6-7,15H,5,8-11H2,1-2H3,(H,16,19). The van der Waals surface area contributed by atoms with Crippen LogP contribution in [0.1, 0.15) is 12.8 Å². The van der Waals surface area contributed by atoms with Gasteiger partial charge in [-0.1, -0.05) is 12.1 Å². The number of hydrogen-bond acceptors (Lipinski definition) is 6. The first-order valence-corrected chi connectivity index (χ1v) is 9.22. The molecule has 1 aromatic rings. The quantitative estimate of drug-likeness (QED) is 0.362. The molecule has 134 valence electrons. The van der Waals surface area contributed by atoms with Crippen molar-refractivity contribution in [1.82, 2.24) is 9.62 Å². The van der Waals surface area contributed by atoms with E-state index in [1.54, 1.807) is 18.2 Å². The van der Waals surface area contributed by atoms with Crippen molar-refractivity contribution >= 4 is 27.3 Å². The Morgan fingerprint density at radius 1 is 1.29 bits per heavy atom. The number of amides is 1. The molecule has 0 fully saturated rings. The first-order valence-electron chi connectivity index (χ1n) is 7.37. The van der Waals surface area contributed by atoms with Gasteiger partial charge in [0, 0.05) is 39.2 Å². The van der Waals surface area contributed by atoms with E-state index in [1.807, 2.05) is 0 Å². The Morgan fingerprint density at radius 3 is 2.58 bits per heavy atom. The van der Waals surface area contributed by atoms with E-state index in [0.717, 1.165) is 6.26 Å². The molecule has 10 heteroatoms. The molecule has 0 saturated carbocycles. The van der Waals surface area contributed by atoms with Crippen LogP contribution < -0.4 is 10.6 Å². The van der Waals surface area contributed by atoms with Crippen LogP contribution in [0.4, 0.5) is 11.4 Å². The predicted octanol–water partition coefficient (Wildman–Crippen LogP) is 0.794. The number of carbonyl (C=O) groups excluding carboxylic acids is 1. The monoisotopic (exact) mass is 358 g/mol. The minimum Gasteiger partial charge on any atom is -0.379 e. The molecule has 1 amide bonds. The van der Waals surface area contributed by atoms with Gasteiger partial charge in [0.1, 0.15) is 5.69 Å². The lowest BCUT2D eigenvalue weighted by molar-refractivity contribution is -0.384. The van der Waals surface area contributed by atoms with Crippen LogP contribution in [0.15, 0.2) is 24.3 Å². The van der Waals surface area contributed by atoms with Gasteiger partial charge >= 0.3 is 0 Å². The van der Waals surface area contributed by atoms with E-state index in [1.165, 1.54) is 17.4 Å². The fourth-order valence-corrected chi connectivity index (χ4v) is 2.34. The number of para-hydroxylation sites is 2. The third-order valence-electron chi connectivity index (χ3n) is 3.31. The summed E-state index contributed by atoms with van der Waals surface area (Å²) < 4.78 is 23.6. The molecule has 0 aliphatic heterocycles. The topological polar surface area (TPSA) is 122 Å². The molecule has 0 saturated heterocycles. The Labute approximate surface area is 141 Å². The summed E-state index contributed by atoms with van der Waals surface area (Å²) in [7, 11) is -1.72. The van der Waals surface area contributed by atoms with E-state index >= 15 is 0 Å².